The number of hydrogen-bond acceptors (Lipinski definition) is 6. The van der Waals surface area contributed by atoms with E-state index >= 15 is 0 Å². The van der Waals surface area contributed by atoms with Gasteiger partial charge in [0.05, 0.1) is 12.0 Å². The van der Waals surface area contributed by atoms with Crippen molar-refractivity contribution in [3.8, 4) is 11.5 Å². The highest BCUT2D eigenvalue weighted by Gasteiger charge is 2.21. The summed E-state index contributed by atoms with van der Waals surface area (Å²) in [4.78, 5) is 34.9. The van der Waals surface area contributed by atoms with Crippen molar-refractivity contribution in [3.63, 3.8) is 0 Å². The minimum Gasteiger partial charge on any atom is -0.548 e. The highest BCUT2D eigenvalue weighted by Crippen LogP contribution is 2.33. The number of aliphatic carboxylic acids is 1. The Hall–Kier alpha value is -3.03. The molecule has 134 valence electrons. The molecule has 1 aliphatic heterocycles. The summed E-state index contributed by atoms with van der Waals surface area (Å²) in [6.45, 7) is 4.64. The average Bonchev–Trinajstić information content (AvgIpc) is 2.98. The number of benzene rings is 1. The molecular formula is C17H19N2O6-. The van der Waals surface area contributed by atoms with Crippen LogP contribution in [0.15, 0.2) is 23.9 Å². The van der Waals surface area contributed by atoms with Crippen LogP contribution in [0.2, 0.25) is 0 Å². The number of ether oxygens (including phenoxy) is 2. The summed E-state index contributed by atoms with van der Waals surface area (Å²) in [5.41, 5.74) is 0.496. The van der Waals surface area contributed by atoms with Crippen LogP contribution in [0.1, 0.15) is 26.3 Å². The smallest absolute Gasteiger partial charge is 0.268 e. The molecule has 1 aliphatic rings. The van der Waals surface area contributed by atoms with Gasteiger partial charge in [-0.05, 0) is 29.7 Å². The number of carbonyl (C=O) groups excluding carboxylic acids is 3. The molecule has 1 aromatic carbocycles. The van der Waals surface area contributed by atoms with Gasteiger partial charge in [0.2, 0.25) is 12.7 Å². The quantitative estimate of drug-likeness (QED) is 0.687. The molecule has 0 saturated carbocycles. The molecule has 0 spiro atoms. The van der Waals surface area contributed by atoms with E-state index in [0.717, 1.165) is 0 Å². The Balaban J connectivity index is 2.27. The zero-order valence-corrected chi connectivity index (χ0v) is 14.1. The summed E-state index contributed by atoms with van der Waals surface area (Å²) in [5, 5.41) is 15.9. The highest BCUT2D eigenvalue weighted by atomic mass is 16.7. The third kappa shape index (κ3) is 4.72. The molecule has 8 heteroatoms. The third-order valence-corrected chi connectivity index (χ3v) is 3.47. The summed E-state index contributed by atoms with van der Waals surface area (Å²) in [7, 11) is 0. The number of amides is 2. The van der Waals surface area contributed by atoms with Gasteiger partial charge in [0.15, 0.2) is 11.5 Å². The minimum atomic E-state index is -1.39. The van der Waals surface area contributed by atoms with Crippen LogP contribution >= 0.6 is 0 Å². The Morgan fingerprint density at radius 2 is 1.88 bits per heavy atom. The van der Waals surface area contributed by atoms with Crippen molar-refractivity contribution in [1.29, 1.82) is 0 Å². The van der Waals surface area contributed by atoms with Gasteiger partial charge in [-0.2, -0.15) is 0 Å². The van der Waals surface area contributed by atoms with Crippen LogP contribution in [0.5, 0.6) is 11.5 Å². The molecule has 0 unspecified atom stereocenters. The number of hydrogen-bond donors (Lipinski definition) is 2. The fraction of sp³-hybridized carbons (Fsp3) is 0.353. The van der Waals surface area contributed by atoms with Gasteiger partial charge < -0.3 is 30.0 Å². The van der Waals surface area contributed by atoms with Gasteiger partial charge in [0.1, 0.15) is 5.70 Å². The Kier molecular flexibility index (Phi) is 5.63. The second-order valence-corrected chi connectivity index (χ2v) is 5.87. The van der Waals surface area contributed by atoms with Crippen LogP contribution in [-0.2, 0) is 14.4 Å². The van der Waals surface area contributed by atoms with Gasteiger partial charge in [-0.15, -0.1) is 0 Å². The molecule has 2 amide bonds. The predicted octanol–water partition coefficient (Wildman–Crippen LogP) is -0.217. The second kappa shape index (κ2) is 7.69. The number of nitrogens with one attached hydrogen (secondary N) is 2. The van der Waals surface area contributed by atoms with Crippen LogP contribution in [-0.4, -0.2) is 30.6 Å². The maximum absolute atomic E-state index is 12.4. The van der Waals surface area contributed by atoms with Crippen LogP contribution in [0.3, 0.4) is 0 Å². The lowest BCUT2D eigenvalue weighted by Gasteiger charge is -2.23. The summed E-state index contributed by atoms with van der Waals surface area (Å²) in [5.74, 6) is -1.86. The summed E-state index contributed by atoms with van der Waals surface area (Å²) < 4.78 is 10.5. The minimum absolute atomic E-state index is 0.0849. The molecular weight excluding hydrogens is 328 g/mol. The Labute approximate surface area is 144 Å². The van der Waals surface area contributed by atoms with E-state index in [-0.39, 0.29) is 18.4 Å². The van der Waals surface area contributed by atoms with Crippen molar-refractivity contribution in [2.75, 3.05) is 6.79 Å². The molecule has 0 aromatic heterocycles. The van der Waals surface area contributed by atoms with E-state index in [9.17, 15) is 19.5 Å². The van der Waals surface area contributed by atoms with Crippen molar-refractivity contribution < 1.29 is 29.0 Å². The molecule has 0 radical (unpaired) electrons. The fourth-order valence-corrected chi connectivity index (χ4v) is 2.23. The zero-order valence-electron chi connectivity index (χ0n) is 14.1. The van der Waals surface area contributed by atoms with E-state index in [1.807, 2.05) is 0 Å². The number of rotatable bonds is 6. The van der Waals surface area contributed by atoms with Crippen LogP contribution in [0, 0.1) is 5.92 Å². The fourth-order valence-electron chi connectivity index (χ4n) is 2.23. The average molecular weight is 347 g/mol. The Morgan fingerprint density at radius 3 is 2.48 bits per heavy atom. The lowest BCUT2D eigenvalue weighted by Crippen LogP contribution is -2.52. The predicted molar refractivity (Wildman–Crippen MR) is 86.1 cm³/mol. The van der Waals surface area contributed by atoms with Gasteiger partial charge in [-0.1, -0.05) is 19.9 Å². The van der Waals surface area contributed by atoms with Crippen molar-refractivity contribution in [1.82, 2.24) is 10.6 Å². The van der Waals surface area contributed by atoms with E-state index in [0.29, 0.717) is 17.1 Å². The maximum atomic E-state index is 12.4. The first kappa shape index (κ1) is 18.3. The summed E-state index contributed by atoms with van der Waals surface area (Å²) >= 11 is 0. The number of carbonyl (C=O) groups is 3. The molecule has 0 fully saturated rings. The second-order valence-electron chi connectivity index (χ2n) is 5.87. The standard InChI is InChI=1S/C17H20N2O6/c1-9(2)15(17(22)23)19-16(21)12(18-10(3)20)6-11-4-5-13-14(7-11)25-8-24-13/h4-7,9,15H,8H2,1-3H3,(H,18,20)(H,19,21)(H,22,23)/p-1/b12-6+/t15-/m0/s1. The molecule has 0 saturated heterocycles. The summed E-state index contributed by atoms with van der Waals surface area (Å²) in [6.07, 6.45) is 1.42. The van der Waals surface area contributed by atoms with Gasteiger partial charge in [-0.25, -0.2) is 0 Å². The topological polar surface area (TPSA) is 117 Å². The van der Waals surface area contributed by atoms with Gasteiger partial charge >= 0.3 is 0 Å². The van der Waals surface area contributed by atoms with Crippen molar-refractivity contribution in [2.45, 2.75) is 26.8 Å². The van der Waals surface area contributed by atoms with Gasteiger partial charge in [-0.3, -0.25) is 9.59 Å². The van der Waals surface area contributed by atoms with Crippen LogP contribution in [0.4, 0.5) is 0 Å². The SMILES string of the molecule is CC(=O)N/C(=C/c1ccc2c(c1)OCO2)C(=O)N[C@H](C(=O)[O-])C(C)C. The van der Waals surface area contributed by atoms with E-state index in [4.69, 9.17) is 9.47 Å². The molecule has 2 N–H and O–H groups in total. The van der Waals surface area contributed by atoms with Gasteiger partial charge in [0.25, 0.3) is 5.91 Å². The molecule has 1 atom stereocenters. The van der Waals surface area contributed by atoms with E-state index in [1.54, 1.807) is 32.0 Å². The highest BCUT2D eigenvalue weighted by molar-refractivity contribution is 6.02. The molecule has 1 aromatic rings. The number of fused-ring (bicyclic) bond motifs is 1. The lowest BCUT2D eigenvalue weighted by molar-refractivity contribution is -0.309. The lowest BCUT2D eigenvalue weighted by atomic mass is 10.0. The first-order chi connectivity index (χ1) is 11.8. The molecule has 8 nitrogen and oxygen atoms in total. The monoisotopic (exact) mass is 347 g/mol. The Bertz CT molecular complexity index is 726. The van der Waals surface area contributed by atoms with E-state index in [2.05, 4.69) is 10.6 Å². The van der Waals surface area contributed by atoms with Crippen molar-refractivity contribution in [2.24, 2.45) is 5.92 Å². The maximum Gasteiger partial charge on any atom is 0.268 e. The van der Waals surface area contributed by atoms with Crippen LogP contribution < -0.4 is 25.2 Å². The van der Waals surface area contributed by atoms with Crippen LogP contribution in [0.25, 0.3) is 6.08 Å². The number of carboxylic acid groups (broad SMARTS) is 1. The molecule has 1 heterocycles. The molecule has 25 heavy (non-hydrogen) atoms. The molecule has 0 bridgehead atoms. The van der Waals surface area contributed by atoms with E-state index < -0.39 is 23.8 Å². The normalized spacial score (nSPS) is 14.2. The largest absolute Gasteiger partial charge is 0.548 e. The van der Waals surface area contributed by atoms with Crippen molar-refractivity contribution >= 4 is 23.9 Å². The van der Waals surface area contributed by atoms with Gasteiger partial charge in [0, 0.05) is 6.92 Å². The zero-order chi connectivity index (χ0) is 18.6. The first-order valence-electron chi connectivity index (χ1n) is 7.68. The number of carboxylic acids is 1. The molecule has 0 aliphatic carbocycles. The Morgan fingerprint density at radius 1 is 1.20 bits per heavy atom. The van der Waals surface area contributed by atoms with E-state index in [1.165, 1.54) is 13.0 Å². The molecule has 2 rings (SSSR count). The first-order valence-corrected chi connectivity index (χ1v) is 7.68. The van der Waals surface area contributed by atoms with Crippen molar-refractivity contribution in [3.05, 3.63) is 29.5 Å². The summed E-state index contributed by atoms with van der Waals surface area (Å²) in [6, 6.07) is 3.83. The third-order valence-electron chi connectivity index (χ3n) is 3.47.